The molecule has 6 heteroatoms. The quantitative estimate of drug-likeness (QED) is 0.311. The first kappa shape index (κ1) is 35.5. The van der Waals surface area contributed by atoms with Gasteiger partial charge in [0.15, 0.2) is 0 Å². The minimum absolute atomic E-state index is 0. The molecular formula is C31H56N4OS. The van der Waals surface area contributed by atoms with Gasteiger partial charge in [0.1, 0.15) is 6.07 Å². The Hall–Kier alpha value is -1.52. The van der Waals surface area contributed by atoms with E-state index in [9.17, 15) is 5.26 Å². The predicted molar refractivity (Wildman–Crippen MR) is 165 cm³/mol. The number of hydrogen-bond acceptors (Lipinski definition) is 5. The second kappa shape index (κ2) is 15.8. The highest BCUT2D eigenvalue weighted by atomic mass is 32.1. The first-order chi connectivity index (χ1) is 17.0. The van der Waals surface area contributed by atoms with Gasteiger partial charge in [0.25, 0.3) is 0 Å². The predicted octanol–water partition coefficient (Wildman–Crippen LogP) is 7.17. The number of nitrogens with zero attached hydrogens (tertiary/aromatic N) is 3. The molecule has 0 radical (unpaired) electrons. The van der Waals surface area contributed by atoms with Crippen LogP contribution in [-0.2, 0) is 0 Å². The van der Waals surface area contributed by atoms with E-state index in [-0.39, 0.29) is 21.8 Å². The zero-order valence-electron chi connectivity index (χ0n) is 25.2. The molecule has 0 amide bonds. The number of hydrogen-bond donors (Lipinski definition) is 2. The SMILES string of the molecule is CC.CCCC/C1=C/C(C)(C)CN(C2CCN(c3ccccc3C#N)CC2)C(C)(C)CC1(C)C.NS.O. The topological polar surface area (TPSA) is 87.8 Å². The molecule has 0 aliphatic carbocycles. The molecule has 0 bridgehead atoms. The van der Waals surface area contributed by atoms with Gasteiger partial charge < -0.3 is 10.4 Å². The van der Waals surface area contributed by atoms with Crippen LogP contribution < -0.4 is 10.0 Å². The molecule has 37 heavy (non-hydrogen) atoms. The summed E-state index contributed by atoms with van der Waals surface area (Å²) >= 11 is 3.03. The van der Waals surface area contributed by atoms with Gasteiger partial charge in [0, 0.05) is 31.2 Å². The van der Waals surface area contributed by atoms with Crippen molar-refractivity contribution in [3.8, 4) is 6.07 Å². The molecule has 1 aromatic rings. The van der Waals surface area contributed by atoms with Crippen LogP contribution in [0.2, 0.25) is 0 Å². The number of nitriles is 1. The Labute approximate surface area is 234 Å². The fraction of sp³-hybridized carbons (Fsp3) is 0.710. The average molecular weight is 533 g/mol. The standard InChI is InChI=1S/C29H45N3.C2H6.H3NS.H2O/c1-8-9-13-24-19-27(2,3)22-32(29(6,7)21-28(24,4)5)25-15-17-31(18-16-25)26-14-11-10-12-23(26)20-30;2*1-2;/h10-12,14,19,25H,8-9,13,15-18,21-22H2,1-7H3;1-2H3;2H,1H2;1H2/b24-19-;;;. The first-order valence-corrected chi connectivity index (χ1v) is 14.5. The van der Waals surface area contributed by atoms with E-state index in [1.165, 1.54) is 25.7 Å². The lowest BCUT2D eigenvalue weighted by Gasteiger charge is -2.53. The van der Waals surface area contributed by atoms with Gasteiger partial charge in [0.05, 0.1) is 11.3 Å². The Bertz CT molecular complexity index is 864. The zero-order valence-corrected chi connectivity index (χ0v) is 26.1. The van der Waals surface area contributed by atoms with Gasteiger partial charge in [-0.1, -0.05) is 78.7 Å². The van der Waals surface area contributed by atoms with Gasteiger partial charge in [-0.15, -0.1) is 12.8 Å². The van der Waals surface area contributed by atoms with Crippen LogP contribution in [0, 0.1) is 22.2 Å². The molecule has 0 unspecified atom stereocenters. The number of unbranched alkanes of at least 4 members (excludes halogenated alkanes) is 1. The van der Waals surface area contributed by atoms with Crippen LogP contribution in [-0.4, -0.2) is 41.6 Å². The molecule has 1 saturated heterocycles. The van der Waals surface area contributed by atoms with Crippen molar-refractivity contribution in [3.63, 3.8) is 0 Å². The number of allylic oxidation sites excluding steroid dienone is 1. The summed E-state index contributed by atoms with van der Waals surface area (Å²) in [7, 11) is 0. The van der Waals surface area contributed by atoms with Gasteiger partial charge in [-0.2, -0.15) is 5.26 Å². The average Bonchev–Trinajstić information content (AvgIpc) is 2.86. The van der Waals surface area contributed by atoms with E-state index < -0.39 is 0 Å². The van der Waals surface area contributed by atoms with Crippen LogP contribution >= 0.6 is 12.8 Å². The summed E-state index contributed by atoms with van der Waals surface area (Å²) in [5.74, 6) is 0. The molecule has 1 aromatic carbocycles. The molecule has 0 spiro atoms. The van der Waals surface area contributed by atoms with Crippen molar-refractivity contribution in [1.29, 1.82) is 5.26 Å². The third-order valence-electron chi connectivity index (χ3n) is 7.73. The Kier molecular flexibility index (Phi) is 15.1. The van der Waals surface area contributed by atoms with Crippen molar-refractivity contribution in [2.75, 3.05) is 24.5 Å². The van der Waals surface area contributed by atoms with E-state index in [4.69, 9.17) is 0 Å². The molecular weight excluding hydrogens is 476 g/mol. The Balaban J connectivity index is 0.00000247. The van der Waals surface area contributed by atoms with Gasteiger partial charge in [0.2, 0.25) is 0 Å². The number of piperidine rings is 1. The summed E-state index contributed by atoms with van der Waals surface area (Å²) in [6, 6.07) is 11.0. The van der Waals surface area contributed by atoms with Crippen molar-refractivity contribution in [3.05, 3.63) is 41.5 Å². The molecule has 1 fully saturated rings. The fourth-order valence-corrected chi connectivity index (χ4v) is 6.33. The number of rotatable bonds is 5. The van der Waals surface area contributed by atoms with Crippen molar-refractivity contribution in [1.82, 2.24) is 4.90 Å². The number of anilines is 1. The fourth-order valence-electron chi connectivity index (χ4n) is 6.33. The van der Waals surface area contributed by atoms with Crippen LogP contribution in [0.15, 0.2) is 35.9 Å². The molecule has 212 valence electrons. The number of nitrogens with two attached hydrogens (primary N) is 1. The first-order valence-electron chi connectivity index (χ1n) is 14.0. The van der Waals surface area contributed by atoms with E-state index in [1.54, 1.807) is 5.57 Å². The Morgan fingerprint density at radius 3 is 2.14 bits per heavy atom. The lowest BCUT2D eigenvalue weighted by Crippen LogP contribution is -2.58. The Morgan fingerprint density at radius 2 is 1.59 bits per heavy atom. The molecule has 0 aromatic heterocycles. The smallest absolute Gasteiger partial charge is 0.101 e. The summed E-state index contributed by atoms with van der Waals surface area (Å²) in [6.07, 6.45) is 9.93. The maximum Gasteiger partial charge on any atom is 0.101 e. The molecule has 2 aliphatic rings. The highest BCUT2D eigenvalue weighted by Gasteiger charge is 2.43. The largest absolute Gasteiger partial charge is 0.412 e. The number of benzene rings is 1. The van der Waals surface area contributed by atoms with E-state index in [2.05, 4.69) is 100 Å². The van der Waals surface area contributed by atoms with E-state index in [0.717, 1.165) is 43.7 Å². The summed E-state index contributed by atoms with van der Waals surface area (Å²) in [5.41, 5.74) is 4.11. The summed E-state index contributed by atoms with van der Waals surface area (Å²) in [4.78, 5) is 5.26. The van der Waals surface area contributed by atoms with Crippen LogP contribution in [0.1, 0.15) is 106 Å². The minimum atomic E-state index is 0. The van der Waals surface area contributed by atoms with Crippen LogP contribution in [0.25, 0.3) is 0 Å². The van der Waals surface area contributed by atoms with E-state index >= 15 is 0 Å². The molecule has 2 heterocycles. The number of para-hydroxylation sites is 1. The molecule has 0 atom stereocenters. The third-order valence-corrected chi connectivity index (χ3v) is 7.73. The van der Waals surface area contributed by atoms with Gasteiger partial charge in [-0.05, 0) is 68.9 Å². The monoisotopic (exact) mass is 532 g/mol. The number of thiol groups is 1. The lowest BCUT2D eigenvalue weighted by atomic mass is 9.68. The van der Waals surface area contributed by atoms with E-state index in [0.29, 0.717) is 6.04 Å². The normalized spacial score (nSPS) is 22.2. The van der Waals surface area contributed by atoms with Gasteiger partial charge in [-0.25, -0.2) is 0 Å². The third kappa shape index (κ3) is 9.62. The summed E-state index contributed by atoms with van der Waals surface area (Å²) < 4.78 is 0. The maximum atomic E-state index is 9.52. The van der Waals surface area contributed by atoms with Crippen molar-refractivity contribution in [2.24, 2.45) is 16.0 Å². The van der Waals surface area contributed by atoms with Crippen LogP contribution in [0.4, 0.5) is 5.69 Å². The summed E-state index contributed by atoms with van der Waals surface area (Å²) in [6.45, 7) is 24.2. The van der Waals surface area contributed by atoms with Crippen molar-refractivity contribution in [2.45, 2.75) is 112 Å². The molecule has 5 nitrogen and oxygen atoms in total. The molecule has 3 rings (SSSR count). The van der Waals surface area contributed by atoms with Gasteiger partial charge in [-0.3, -0.25) is 10.0 Å². The van der Waals surface area contributed by atoms with Crippen molar-refractivity contribution >= 4 is 18.5 Å². The minimum Gasteiger partial charge on any atom is -0.412 e. The lowest BCUT2D eigenvalue weighted by molar-refractivity contribution is 0.00241. The van der Waals surface area contributed by atoms with Crippen LogP contribution in [0.5, 0.6) is 0 Å². The Morgan fingerprint density at radius 1 is 1.03 bits per heavy atom. The van der Waals surface area contributed by atoms with Gasteiger partial charge >= 0.3 is 0 Å². The molecule has 0 saturated carbocycles. The molecule has 4 N–H and O–H groups in total. The second-order valence-electron chi connectivity index (χ2n) is 12.1. The van der Waals surface area contributed by atoms with Crippen LogP contribution in [0.3, 0.4) is 0 Å². The highest BCUT2D eigenvalue weighted by molar-refractivity contribution is 7.77. The molecule has 2 aliphatic heterocycles. The zero-order chi connectivity index (χ0) is 27.6. The van der Waals surface area contributed by atoms with E-state index in [1.807, 2.05) is 26.0 Å². The maximum absolute atomic E-state index is 9.52. The summed E-state index contributed by atoms with van der Waals surface area (Å²) in [5, 5.41) is 13.7. The van der Waals surface area contributed by atoms with Crippen molar-refractivity contribution < 1.29 is 5.48 Å². The second-order valence-corrected chi connectivity index (χ2v) is 12.1. The highest BCUT2D eigenvalue weighted by Crippen LogP contribution is 2.46.